The van der Waals surface area contributed by atoms with E-state index in [1.54, 1.807) is 24.8 Å². The van der Waals surface area contributed by atoms with Crippen molar-refractivity contribution in [2.45, 2.75) is 18.8 Å². The fourth-order valence-electron chi connectivity index (χ4n) is 3.18. The van der Waals surface area contributed by atoms with Crippen molar-refractivity contribution in [1.82, 2.24) is 29.5 Å². The van der Waals surface area contributed by atoms with E-state index in [4.69, 9.17) is 4.98 Å². The van der Waals surface area contributed by atoms with E-state index >= 15 is 0 Å². The second-order valence-electron chi connectivity index (χ2n) is 6.04. The lowest BCUT2D eigenvalue weighted by molar-refractivity contribution is 0.497. The molecule has 1 fully saturated rings. The summed E-state index contributed by atoms with van der Waals surface area (Å²) >= 11 is 0. The molecule has 0 N–H and O–H groups in total. The smallest absolute Gasteiger partial charge is 0.159 e. The number of hydrogen-bond acceptors (Lipinski definition) is 6. The van der Waals surface area contributed by atoms with Gasteiger partial charge in [0, 0.05) is 57.0 Å². The molecule has 1 aliphatic rings. The van der Waals surface area contributed by atoms with Crippen LogP contribution in [0.4, 0.5) is 5.82 Å². The molecule has 24 heavy (non-hydrogen) atoms. The molecule has 0 aromatic carbocycles. The highest BCUT2D eigenvalue weighted by Crippen LogP contribution is 2.28. The number of nitrogens with zero attached hydrogens (tertiary/aromatic N) is 7. The Labute approximate surface area is 140 Å². The first-order chi connectivity index (χ1) is 11.8. The van der Waals surface area contributed by atoms with Crippen LogP contribution in [0.15, 0.2) is 43.4 Å². The first-order valence-electron chi connectivity index (χ1n) is 8.12. The van der Waals surface area contributed by atoms with Crippen LogP contribution in [0, 0.1) is 0 Å². The summed E-state index contributed by atoms with van der Waals surface area (Å²) in [6.07, 6.45) is 14.8. The van der Waals surface area contributed by atoms with Crippen molar-refractivity contribution >= 4 is 5.82 Å². The second kappa shape index (κ2) is 6.35. The van der Waals surface area contributed by atoms with Crippen molar-refractivity contribution in [2.75, 3.05) is 18.0 Å². The van der Waals surface area contributed by atoms with Crippen LogP contribution in [-0.2, 0) is 7.05 Å². The van der Waals surface area contributed by atoms with E-state index in [2.05, 4.69) is 24.8 Å². The van der Waals surface area contributed by atoms with Crippen molar-refractivity contribution in [1.29, 1.82) is 0 Å². The molecular weight excluding hydrogens is 302 g/mol. The predicted molar refractivity (Wildman–Crippen MR) is 90.5 cm³/mol. The summed E-state index contributed by atoms with van der Waals surface area (Å²) in [5.41, 5.74) is 1.83. The Kier molecular flexibility index (Phi) is 3.90. The van der Waals surface area contributed by atoms with E-state index in [9.17, 15) is 0 Å². The van der Waals surface area contributed by atoms with E-state index in [0.717, 1.165) is 49.0 Å². The minimum Gasteiger partial charge on any atom is -0.355 e. The number of imidazole rings is 1. The third kappa shape index (κ3) is 2.84. The van der Waals surface area contributed by atoms with Gasteiger partial charge in [-0.2, -0.15) is 0 Å². The van der Waals surface area contributed by atoms with Crippen molar-refractivity contribution in [3.8, 4) is 11.5 Å². The minimum absolute atomic E-state index is 0.341. The van der Waals surface area contributed by atoms with Gasteiger partial charge in [0.1, 0.15) is 11.5 Å². The van der Waals surface area contributed by atoms with E-state index in [1.807, 2.05) is 30.2 Å². The molecule has 0 unspecified atom stereocenters. The lowest BCUT2D eigenvalue weighted by Gasteiger charge is -2.33. The van der Waals surface area contributed by atoms with Crippen LogP contribution in [0.2, 0.25) is 0 Å². The summed E-state index contributed by atoms with van der Waals surface area (Å²) < 4.78 is 1.96. The third-order valence-electron chi connectivity index (χ3n) is 4.42. The summed E-state index contributed by atoms with van der Waals surface area (Å²) in [5, 5.41) is 0. The minimum atomic E-state index is 0.341. The molecule has 122 valence electrons. The van der Waals surface area contributed by atoms with Crippen LogP contribution in [0.3, 0.4) is 0 Å². The normalized spacial score (nSPS) is 17.9. The largest absolute Gasteiger partial charge is 0.355 e. The average Bonchev–Trinajstić information content (AvgIpc) is 3.09. The summed E-state index contributed by atoms with van der Waals surface area (Å²) in [7, 11) is 1.97. The van der Waals surface area contributed by atoms with Crippen LogP contribution in [0.5, 0.6) is 0 Å². The number of anilines is 1. The van der Waals surface area contributed by atoms with Crippen LogP contribution >= 0.6 is 0 Å². The molecule has 0 radical (unpaired) electrons. The number of aryl methyl sites for hydroxylation is 1. The summed E-state index contributed by atoms with van der Waals surface area (Å²) in [4.78, 5) is 24.4. The van der Waals surface area contributed by atoms with Crippen molar-refractivity contribution < 1.29 is 0 Å². The summed E-state index contributed by atoms with van der Waals surface area (Å²) in [6, 6.07) is 0. The molecule has 4 heterocycles. The standard InChI is InChI=1S/C17H19N7/c1-23-8-6-21-17(23)15-10-19-9-14(22-15)13-3-2-7-24(12-13)16-11-18-4-5-20-16/h4-6,8-11,13H,2-3,7,12H2,1H3/t13-/m0/s1. The Balaban J connectivity index is 1.58. The lowest BCUT2D eigenvalue weighted by atomic mass is 9.95. The zero-order valence-electron chi connectivity index (χ0n) is 13.6. The predicted octanol–water partition coefficient (Wildman–Crippen LogP) is 2.05. The molecule has 4 rings (SSSR count). The van der Waals surface area contributed by atoms with Crippen LogP contribution in [0.1, 0.15) is 24.5 Å². The van der Waals surface area contributed by atoms with Crippen LogP contribution < -0.4 is 4.90 Å². The van der Waals surface area contributed by atoms with E-state index in [1.165, 1.54) is 0 Å². The Hall–Kier alpha value is -2.83. The van der Waals surface area contributed by atoms with E-state index < -0.39 is 0 Å². The highest BCUT2D eigenvalue weighted by Gasteiger charge is 2.24. The average molecular weight is 321 g/mol. The van der Waals surface area contributed by atoms with Gasteiger partial charge in [-0.3, -0.25) is 9.97 Å². The molecule has 0 aliphatic carbocycles. The van der Waals surface area contributed by atoms with E-state index in [-0.39, 0.29) is 0 Å². The quantitative estimate of drug-likeness (QED) is 0.735. The van der Waals surface area contributed by atoms with Gasteiger partial charge in [-0.25, -0.2) is 15.0 Å². The van der Waals surface area contributed by atoms with Gasteiger partial charge in [0.15, 0.2) is 5.82 Å². The van der Waals surface area contributed by atoms with Gasteiger partial charge >= 0.3 is 0 Å². The van der Waals surface area contributed by atoms with Crippen molar-refractivity contribution in [3.63, 3.8) is 0 Å². The molecule has 0 spiro atoms. The Morgan fingerprint density at radius 3 is 2.79 bits per heavy atom. The number of rotatable bonds is 3. The molecular formula is C17H19N7. The van der Waals surface area contributed by atoms with Gasteiger partial charge in [0.2, 0.25) is 0 Å². The van der Waals surface area contributed by atoms with Crippen molar-refractivity contribution in [3.05, 3.63) is 49.1 Å². The molecule has 0 bridgehead atoms. The third-order valence-corrected chi connectivity index (χ3v) is 4.42. The second-order valence-corrected chi connectivity index (χ2v) is 6.04. The highest BCUT2D eigenvalue weighted by molar-refractivity contribution is 5.48. The maximum atomic E-state index is 4.82. The molecule has 3 aromatic rings. The lowest BCUT2D eigenvalue weighted by Crippen LogP contribution is -2.35. The first kappa shape index (κ1) is 14.7. The number of aromatic nitrogens is 6. The SMILES string of the molecule is Cn1ccnc1-c1cncc([C@H]2CCCN(c3cnccn3)C2)n1. The molecule has 0 saturated carbocycles. The first-order valence-corrected chi connectivity index (χ1v) is 8.12. The van der Waals surface area contributed by atoms with Gasteiger partial charge in [-0.05, 0) is 12.8 Å². The Morgan fingerprint density at radius 1 is 1.04 bits per heavy atom. The molecule has 1 atom stereocenters. The zero-order valence-corrected chi connectivity index (χ0v) is 13.6. The molecule has 1 saturated heterocycles. The van der Waals surface area contributed by atoms with Crippen LogP contribution in [-0.4, -0.2) is 42.6 Å². The topological polar surface area (TPSA) is 72.6 Å². The molecule has 0 amide bonds. The summed E-state index contributed by atoms with van der Waals surface area (Å²) in [5.74, 6) is 2.11. The molecule has 7 heteroatoms. The molecule has 7 nitrogen and oxygen atoms in total. The molecule has 3 aromatic heterocycles. The fourth-order valence-corrected chi connectivity index (χ4v) is 3.18. The zero-order chi connectivity index (χ0) is 16.4. The van der Waals surface area contributed by atoms with Gasteiger partial charge in [0.05, 0.1) is 18.1 Å². The number of hydrogen-bond donors (Lipinski definition) is 0. The fraction of sp³-hybridized carbons (Fsp3) is 0.353. The molecule has 1 aliphatic heterocycles. The highest BCUT2D eigenvalue weighted by atomic mass is 15.2. The van der Waals surface area contributed by atoms with Gasteiger partial charge in [-0.15, -0.1) is 0 Å². The Morgan fingerprint density at radius 2 is 2.00 bits per heavy atom. The van der Waals surface area contributed by atoms with Crippen LogP contribution in [0.25, 0.3) is 11.5 Å². The summed E-state index contributed by atoms with van der Waals surface area (Å²) in [6.45, 7) is 1.89. The Bertz CT molecular complexity index is 815. The maximum absolute atomic E-state index is 4.82. The van der Waals surface area contributed by atoms with Gasteiger partial charge in [-0.1, -0.05) is 0 Å². The maximum Gasteiger partial charge on any atom is 0.159 e. The van der Waals surface area contributed by atoms with E-state index in [0.29, 0.717) is 5.92 Å². The monoisotopic (exact) mass is 321 g/mol. The van der Waals surface area contributed by atoms with Gasteiger partial charge in [0.25, 0.3) is 0 Å². The number of piperidine rings is 1. The van der Waals surface area contributed by atoms with Gasteiger partial charge < -0.3 is 9.47 Å². The van der Waals surface area contributed by atoms with Crippen molar-refractivity contribution in [2.24, 2.45) is 7.05 Å².